The molecule has 0 bridgehead atoms. The van der Waals surface area contributed by atoms with Crippen LogP contribution in [0.4, 0.5) is 0 Å². The van der Waals surface area contributed by atoms with E-state index in [0.717, 1.165) is 31.2 Å². The molecule has 1 aromatic carbocycles. The van der Waals surface area contributed by atoms with Crippen molar-refractivity contribution in [1.82, 2.24) is 0 Å². The van der Waals surface area contributed by atoms with Crippen molar-refractivity contribution in [2.75, 3.05) is 0 Å². The fraction of sp³-hybridized carbons (Fsp3) is 0.471. The lowest BCUT2D eigenvalue weighted by Crippen LogP contribution is -2.10. The van der Waals surface area contributed by atoms with Gasteiger partial charge >= 0.3 is 0 Å². The van der Waals surface area contributed by atoms with Gasteiger partial charge in [0.15, 0.2) is 5.43 Å². The summed E-state index contributed by atoms with van der Waals surface area (Å²) in [5.74, 6) is 0.541. The van der Waals surface area contributed by atoms with Crippen LogP contribution >= 0.6 is 0 Å². The maximum atomic E-state index is 12.3. The minimum absolute atomic E-state index is 0.103. The van der Waals surface area contributed by atoms with E-state index < -0.39 is 6.10 Å². The van der Waals surface area contributed by atoms with E-state index in [0.29, 0.717) is 16.7 Å². The molecule has 0 aliphatic carbocycles. The maximum absolute atomic E-state index is 12.3. The Bertz CT molecular complexity index is 670. The Hall–Kier alpha value is -1.81. The van der Waals surface area contributed by atoms with Crippen LogP contribution in [0.2, 0.25) is 0 Å². The minimum Gasteiger partial charge on any atom is -0.508 e. The van der Waals surface area contributed by atoms with Crippen molar-refractivity contribution in [1.29, 1.82) is 0 Å². The maximum Gasteiger partial charge on any atom is 0.193 e. The molecule has 1 heterocycles. The van der Waals surface area contributed by atoms with Crippen LogP contribution in [0, 0.1) is 0 Å². The number of aliphatic hydroxyl groups is 1. The molecule has 4 nitrogen and oxygen atoms in total. The van der Waals surface area contributed by atoms with Crippen LogP contribution in [0.25, 0.3) is 11.0 Å². The highest BCUT2D eigenvalue weighted by atomic mass is 16.3. The van der Waals surface area contributed by atoms with E-state index in [1.807, 2.05) is 0 Å². The molecule has 2 aromatic rings. The van der Waals surface area contributed by atoms with Crippen LogP contribution in [0.1, 0.15) is 44.4 Å². The van der Waals surface area contributed by atoms with Crippen molar-refractivity contribution in [3.63, 3.8) is 0 Å². The second kappa shape index (κ2) is 6.76. The first-order valence-electron chi connectivity index (χ1n) is 7.48. The molecule has 4 heteroatoms. The van der Waals surface area contributed by atoms with Crippen LogP contribution in [-0.2, 0) is 12.8 Å². The minimum atomic E-state index is -0.577. The van der Waals surface area contributed by atoms with Gasteiger partial charge in [-0.15, -0.1) is 0 Å². The standard InChI is InChI=1S/C17H22O4/c1-3-4-5-6-12-8-13(19)9-16-17(12)15(20)10-14(21-16)7-11(2)18/h8-11,18-19H,3-7H2,1-2H3/t11-/m0/s1. The summed E-state index contributed by atoms with van der Waals surface area (Å²) in [6, 6.07) is 4.55. The second-order valence-corrected chi connectivity index (χ2v) is 5.57. The molecule has 0 fully saturated rings. The largest absolute Gasteiger partial charge is 0.508 e. The van der Waals surface area contributed by atoms with Gasteiger partial charge in [-0.25, -0.2) is 0 Å². The molecule has 0 aliphatic heterocycles. The zero-order chi connectivity index (χ0) is 15.4. The molecular formula is C17H22O4. The van der Waals surface area contributed by atoms with Crippen LogP contribution in [0.5, 0.6) is 5.75 Å². The molecule has 2 N–H and O–H groups in total. The van der Waals surface area contributed by atoms with E-state index >= 15 is 0 Å². The van der Waals surface area contributed by atoms with Crippen molar-refractivity contribution in [3.05, 3.63) is 39.7 Å². The molecule has 0 saturated carbocycles. The lowest BCUT2D eigenvalue weighted by Gasteiger charge is -2.09. The normalized spacial score (nSPS) is 12.7. The molecule has 0 aliphatic rings. The van der Waals surface area contributed by atoms with Crippen molar-refractivity contribution < 1.29 is 14.6 Å². The third kappa shape index (κ3) is 3.85. The van der Waals surface area contributed by atoms with Crippen LogP contribution in [0.3, 0.4) is 0 Å². The molecule has 0 spiro atoms. The molecule has 1 aromatic heterocycles. The summed E-state index contributed by atoms with van der Waals surface area (Å²) in [6.07, 6.45) is 3.62. The summed E-state index contributed by atoms with van der Waals surface area (Å²) in [6.45, 7) is 3.76. The molecule has 0 amide bonds. The van der Waals surface area contributed by atoms with Gasteiger partial charge in [-0.2, -0.15) is 0 Å². The van der Waals surface area contributed by atoms with Gasteiger partial charge in [0.05, 0.1) is 11.5 Å². The first kappa shape index (κ1) is 15.6. The van der Waals surface area contributed by atoms with Gasteiger partial charge in [0.2, 0.25) is 0 Å². The summed E-state index contributed by atoms with van der Waals surface area (Å²) in [5, 5.41) is 19.8. The molecular weight excluding hydrogens is 268 g/mol. The third-order valence-corrected chi connectivity index (χ3v) is 3.49. The van der Waals surface area contributed by atoms with E-state index in [1.54, 1.807) is 13.0 Å². The zero-order valence-corrected chi connectivity index (χ0v) is 12.6. The number of aryl methyl sites for hydroxylation is 1. The smallest absolute Gasteiger partial charge is 0.193 e. The van der Waals surface area contributed by atoms with Gasteiger partial charge in [-0.05, 0) is 31.4 Å². The number of aliphatic hydroxyl groups excluding tert-OH is 1. The third-order valence-electron chi connectivity index (χ3n) is 3.49. The first-order valence-corrected chi connectivity index (χ1v) is 7.48. The molecule has 1 atom stereocenters. The fourth-order valence-corrected chi connectivity index (χ4v) is 2.56. The monoisotopic (exact) mass is 290 g/mol. The van der Waals surface area contributed by atoms with Gasteiger partial charge in [0, 0.05) is 18.6 Å². The molecule has 0 radical (unpaired) electrons. The molecule has 21 heavy (non-hydrogen) atoms. The highest BCUT2D eigenvalue weighted by Gasteiger charge is 2.12. The number of phenolic OH excluding ortho intramolecular Hbond substituents is 1. The number of phenols is 1. The van der Waals surface area contributed by atoms with Gasteiger partial charge in [-0.3, -0.25) is 4.79 Å². The summed E-state index contributed by atoms with van der Waals surface area (Å²) in [5.41, 5.74) is 1.11. The number of rotatable bonds is 6. The second-order valence-electron chi connectivity index (χ2n) is 5.57. The van der Waals surface area contributed by atoms with Crippen LogP contribution in [0.15, 0.2) is 27.4 Å². The molecule has 114 valence electrons. The average Bonchev–Trinajstić information content (AvgIpc) is 2.36. The SMILES string of the molecule is CCCCCc1cc(O)cc2oc(C[C@H](C)O)cc(=O)c12. The fourth-order valence-electron chi connectivity index (χ4n) is 2.56. The predicted octanol–water partition coefficient (Wildman–Crippen LogP) is 3.15. The van der Waals surface area contributed by atoms with Gasteiger partial charge in [0.25, 0.3) is 0 Å². The first-order chi connectivity index (χ1) is 10.0. The molecule has 0 saturated heterocycles. The Labute approximate surface area is 124 Å². The highest BCUT2D eigenvalue weighted by Crippen LogP contribution is 2.25. The Balaban J connectivity index is 2.48. The Morgan fingerprint density at radius 3 is 2.67 bits per heavy atom. The van der Waals surface area contributed by atoms with E-state index in [4.69, 9.17) is 4.42 Å². The molecule has 0 unspecified atom stereocenters. The number of hydrogen-bond donors (Lipinski definition) is 2. The topological polar surface area (TPSA) is 70.7 Å². The van der Waals surface area contributed by atoms with Crippen molar-refractivity contribution in [2.24, 2.45) is 0 Å². The van der Waals surface area contributed by atoms with Crippen molar-refractivity contribution in [2.45, 2.75) is 52.1 Å². The van der Waals surface area contributed by atoms with E-state index in [2.05, 4.69) is 6.92 Å². The summed E-state index contributed by atoms with van der Waals surface area (Å²) in [7, 11) is 0. The number of hydrogen-bond acceptors (Lipinski definition) is 4. The summed E-state index contributed by atoms with van der Waals surface area (Å²) >= 11 is 0. The average molecular weight is 290 g/mol. The van der Waals surface area contributed by atoms with Gasteiger partial charge < -0.3 is 14.6 Å². The van der Waals surface area contributed by atoms with Crippen molar-refractivity contribution in [3.8, 4) is 5.75 Å². The van der Waals surface area contributed by atoms with E-state index in [9.17, 15) is 15.0 Å². The van der Waals surface area contributed by atoms with E-state index in [-0.39, 0.29) is 17.6 Å². The Morgan fingerprint density at radius 1 is 1.24 bits per heavy atom. The number of unbranched alkanes of at least 4 members (excludes halogenated alkanes) is 2. The predicted molar refractivity (Wildman–Crippen MR) is 82.8 cm³/mol. The number of fused-ring (bicyclic) bond motifs is 1. The zero-order valence-electron chi connectivity index (χ0n) is 12.6. The Morgan fingerprint density at radius 2 is 2.00 bits per heavy atom. The Kier molecular flexibility index (Phi) is 5.02. The number of aromatic hydroxyl groups is 1. The van der Waals surface area contributed by atoms with Crippen LogP contribution < -0.4 is 5.43 Å². The van der Waals surface area contributed by atoms with E-state index in [1.165, 1.54) is 12.1 Å². The molecule has 2 rings (SSSR count). The summed E-state index contributed by atoms with van der Waals surface area (Å²) < 4.78 is 5.66. The van der Waals surface area contributed by atoms with Gasteiger partial charge in [0.1, 0.15) is 17.1 Å². The van der Waals surface area contributed by atoms with Crippen LogP contribution in [-0.4, -0.2) is 16.3 Å². The number of benzene rings is 1. The summed E-state index contributed by atoms with van der Waals surface area (Å²) in [4.78, 5) is 12.3. The lowest BCUT2D eigenvalue weighted by molar-refractivity contribution is 0.187. The van der Waals surface area contributed by atoms with Gasteiger partial charge in [-0.1, -0.05) is 19.8 Å². The van der Waals surface area contributed by atoms with Crippen molar-refractivity contribution >= 4 is 11.0 Å². The lowest BCUT2D eigenvalue weighted by atomic mass is 10.0. The quantitative estimate of drug-likeness (QED) is 0.802. The highest BCUT2D eigenvalue weighted by molar-refractivity contribution is 5.82.